The van der Waals surface area contributed by atoms with E-state index in [1.54, 1.807) is 6.92 Å². The number of hydrogen-bond acceptors (Lipinski definition) is 1. The summed E-state index contributed by atoms with van der Waals surface area (Å²) in [6.45, 7) is 5.37. The molecule has 0 N–H and O–H groups in total. The van der Waals surface area contributed by atoms with E-state index in [-0.39, 0.29) is 24.6 Å². The lowest BCUT2D eigenvalue weighted by Gasteiger charge is -2.21. The van der Waals surface area contributed by atoms with Crippen molar-refractivity contribution < 1.29 is 17.6 Å². The molecule has 0 unspecified atom stereocenters. The molecule has 0 aliphatic carbocycles. The van der Waals surface area contributed by atoms with Crippen molar-refractivity contribution in [2.75, 3.05) is 11.4 Å². The van der Waals surface area contributed by atoms with E-state index in [9.17, 15) is 17.6 Å². The molecule has 0 aliphatic heterocycles. The first-order valence-corrected chi connectivity index (χ1v) is 6.73. The number of rotatable bonds is 5. The van der Waals surface area contributed by atoms with Gasteiger partial charge in [0.25, 0.3) is 0 Å². The predicted molar refractivity (Wildman–Crippen MR) is 90.3 cm³/mol. The van der Waals surface area contributed by atoms with E-state index in [1.807, 2.05) is 0 Å². The molecule has 0 saturated carbocycles. The highest BCUT2D eigenvalue weighted by molar-refractivity contribution is 5.85. The van der Waals surface area contributed by atoms with Gasteiger partial charge in [-0.05, 0) is 31.2 Å². The summed E-state index contributed by atoms with van der Waals surface area (Å²) in [6.07, 6.45) is 0.984. The van der Waals surface area contributed by atoms with Crippen LogP contribution in [0.2, 0.25) is 0 Å². The Morgan fingerprint density at radius 1 is 1.00 bits per heavy atom. The molecule has 0 fully saturated rings. The summed E-state index contributed by atoms with van der Waals surface area (Å²) in [5, 5.41) is 0. The molecule has 0 spiro atoms. The van der Waals surface area contributed by atoms with Crippen molar-refractivity contribution >= 4 is 30.1 Å². The Bertz CT molecular complexity index is 722. The van der Waals surface area contributed by atoms with Gasteiger partial charge in [-0.25, -0.2) is 22.6 Å². The Labute approximate surface area is 143 Å². The van der Waals surface area contributed by atoms with E-state index in [0.717, 1.165) is 35.5 Å². The number of benzene rings is 2. The Kier molecular flexibility index (Phi) is 6.97. The molecule has 0 amide bonds. The van der Waals surface area contributed by atoms with Crippen molar-refractivity contribution in [3.05, 3.63) is 71.8 Å². The largest absolute Gasteiger partial charge is 0.323 e. The molecule has 2 aromatic rings. The molecule has 128 valence electrons. The summed E-state index contributed by atoms with van der Waals surface area (Å²) >= 11 is 0. The van der Waals surface area contributed by atoms with Gasteiger partial charge in [-0.3, -0.25) is 0 Å². The van der Waals surface area contributed by atoms with Gasteiger partial charge >= 0.3 is 0 Å². The van der Waals surface area contributed by atoms with E-state index in [2.05, 4.69) is 11.6 Å². The Morgan fingerprint density at radius 2 is 1.46 bits per heavy atom. The summed E-state index contributed by atoms with van der Waals surface area (Å²) in [4.78, 5) is 4.80. The molecular weight excluding hydrogens is 344 g/mol. The van der Waals surface area contributed by atoms with Gasteiger partial charge in [0.05, 0.1) is 6.34 Å². The maximum Gasteiger partial charge on any atom is 0.151 e. The Morgan fingerprint density at radius 3 is 1.92 bits per heavy atom. The molecule has 2 rings (SSSR count). The second kappa shape index (κ2) is 8.49. The first-order valence-electron chi connectivity index (χ1n) is 6.73. The molecule has 0 bridgehead atoms. The summed E-state index contributed by atoms with van der Waals surface area (Å²) in [5.74, 6) is -3.37. The number of para-hydroxylation sites is 2. The number of anilines is 1. The molecule has 2 aromatic carbocycles. The van der Waals surface area contributed by atoms with Crippen molar-refractivity contribution in [2.45, 2.75) is 6.92 Å². The maximum atomic E-state index is 13.9. The summed E-state index contributed by atoms with van der Waals surface area (Å²) < 4.78 is 55.0. The van der Waals surface area contributed by atoms with Crippen LogP contribution in [0.5, 0.6) is 0 Å². The van der Waals surface area contributed by atoms with Crippen LogP contribution in [-0.2, 0) is 0 Å². The average Bonchev–Trinajstić information content (AvgIpc) is 2.45. The molecule has 24 heavy (non-hydrogen) atoms. The third-order valence-electron chi connectivity index (χ3n) is 2.93. The number of nitrogens with zero attached hydrogens (tertiary/aromatic N) is 2. The second-order valence-corrected chi connectivity index (χ2v) is 4.97. The topological polar surface area (TPSA) is 15.6 Å². The highest BCUT2D eigenvalue weighted by atomic mass is 35.5. The van der Waals surface area contributed by atoms with Gasteiger partial charge in [-0.1, -0.05) is 24.3 Å². The van der Waals surface area contributed by atoms with Crippen molar-refractivity contribution in [2.24, 2.45) is 4.99 Å². The molecule has 2 nitrogen and oxygen atoms in total. The average molecular weight is 359 g/mol. The van der Waals surface area contributed by atoms with Gasteiger partial charge in [0.1, 0.15) is 23.0 Å². The van der Waals surface area contributed by atoms with Crippen molar-refractivity contribution in [1.82, 2.24) is 0 Å². The van der Waals surface area contributed by atoms with Gasteiger partial charge in [-0.2, -0.15) is 0 Å². The van der Waals surface area contributed by atoms with Crippen molar-refractivity contribution in [3.8, 4) is 0 Å². The van der Waals surface area contributed by atoms with Crippen LogP contribution in [0.4, 0.5) is 28.9 Å². The van der Waals surface area contributed by atoms with E-state index < -0.39 is 29.0 Å². The monoisotopic (exact) mass is 358 g/mol. The van der Waals surface area contributed by atoms with Crippen LogP contribution in [0, 0.1) is 23.3 Å². The van der Waals surface area contributed by atoms with E-state index >= 15 is 0 Å². The first kappa shape index (κ1) is 19.7. The zero-order valence-electron chi connectivity index (χ0n) is 12.8. The van der Waals surface area contributed by atoms with E-state index in [4.69, 9.17) is 0 Å². The first-order chi connectivity index (χ1) is 10.9. The fraction of sp³-hybridized carbons (Fsp3) is 0.118. The molecule has 7 heteroatoms. The maximum absolute atomic E-state index is 13.9. The predicted octanol–water partition coefficient (Wildman–Crippen LogP) is 5.41. The highest BCUT2D eigenvalue weighted by Gasteiger charge is 2.16. The molecule has 0 saturated heterocycles. The van der Waals surface area contributed by atoms with Crippen molar-refractivity contribution in [3.63, 3.8) is 0 Å². The van der Waals surface area contributed by atoms with Crippen LogP contribution in [0.15, 0.2) is 53.5 Å². The van der Waals surface area contributed by atoms with Gasteiger partial charge in [0.15, 0.2) is 11.6 Å². The lowest BCUT2D eigenvalue weighted by Crippen LogP contribution is -2.25. The SMILES string of the molecule is C=C(C)CN(C=Nc1c(F)cccc1F)c1c(F)cccc1F.Cl. The fourth-order valence-electron chi connectivity index (χ4n) is 1.97. The normalized spacial score (nSPS) is 10.5. The van der Waals surface area contributed by atoms with Gasteiger partial charge in [0, 0.05) is 6.54 Å². The van der Waals surface area contributed by atoms with Crippen LogP contribution in [0.1, 0.15) is 6.92 Å². The highest BCUT2D eigenvalue weighted by Crippen LogP contribution is 2.25. The number of aliphatic imine (C=N–C) groups is 1. The molecule has 0 heterocycles. The summed E-state index contributed by atoms with van der Waals surface area (Å²) in [6, 6.07) is 6.68. The summed E-state index contributed by atoms with van der Waals surface area (Å²) in [5.41, 5.74) is -0.305. The molecular formula is C17H15ClF4N2. The molecule has 0 atom stereocenters. The van der Waals surface area contributed by atoms with Crippen molar-refractivity contribution in [1.29, 1.82) is 0 Å². The third kappa shape index (κ3) is 4.58. The number of halogens is 5. The summed E-state index contributed by atoms with van der Waals surface area (Å²) in [7, 11) is 0. The van der Waals surface area contributed by atoms with Crippen LogP contribution in [-0.4, -0.2) is 12.9 Å². The standard InChI is InChI=1S/C17H14F4N2.ClH/c1-11(2)9-23(17-14(20)7-4-8-15(17)21)10-22-16-12(18)5-3-6-13(16)19;/h3-8,10H,1,9H2,2H3;1H. The van der Waals surface area contributed by atoms with Crippen LogP contribution in [0.3, 0.4) is 0 Å². The molecule has 0 aromatic heterocycles. The van der Waals surface area contributed by atoms with E-state index in [0.29, 0.717) is 5.57 Å². The van der Waals surface area contributed by atoms with Crippen LogP contribution >= 0.6 is 12.4 Å². The molecule has 0 aliphatic rings. The third-order valence-corrected chi connectivity index (χ3v) is 2.93. The lowest BCUT2D eigenvalue weighted by atomic mass is 10.2. The van der Waals surface area contributed by atoms with Gasteiger partial charge in [0.2, 0.25) is 0 Å². The van der Waals surface area contributed by atoms with Gasteiger partial charge in [-0.15, -0.1) is 12.4 Å². The fourth-order valence-corrected chi connectivity index (χ4v) is 1.97. The van der Waals surface area contributed by atoms with Crippen LogP contribution < -0.4 is 4.90 Å². The van der Waals surface area contributed by atoms with Gasteiger partial charge < -0.3 is 4.90 Å². The second-order valence-electron chi connectivity index (χ2n) is 4.97. The van der Waals surface area contributed by atoms with E-state index in [1.165, 1.54) is 12.1 Å². The smallest absolute Gasteiger partial charge is 0.151 e. The van der Waals surface area contributed by atoms with Crippen LogP contribution in [0.25, 0.3) is 0 Å². The Hall–Kier alpha value is -2.34. The minimum Gasteiger partial charge on any atom is -0.323 e. The zero-order chi connectivity index (χ0) is 17.0. The number of hydrogen-bond donors (Lipinski definition) is 0. The molecule has 0 radical (unpaired) electrons. The lowest BCUT2D eigenvalue weighted by molar-refractivity contribution is 0.583. The minimum atomic E-state index is -0.870. The zero-order valence-corrected chi connectivity index (χ0v) is 13.6. The quantitative estimate of drug-likeness (QED) is 0.302. The minimum absolute atomic E-state index is 0. The Balaban J connectivity index is 0.00000288.